The Morgan fingerprint density at radius 2 is 2.19 bits per heavy atom. The van der Waals surface area contributed by atoms with E-state index in [0.29, 0.717) is 28.8 Å². The van der Waals surface area contributed by atoms with Crippen LogP contribution in [-0.2, 0) is 6.54 Å². The van der Waals surface area contributed by atoms with Crippen molar-refractivity contribution in [2.75, 3.05) is 12.8 Å². The number of aromatic nitrogens is 2. The van der Waals surface area contributed by atoms with Gasteiger partial charge in [0.15, 0.2) is 0 Å². The van der Waals surface area contributed by atoms with Crippen LogP contribution in [0.5, 0.6) is 5.75 Å². The van der Waals surface area contributed by atoms with Gasteiger partial charge in [-0.1, -0.05) is 37.6 Å². The van der Waals surface area contributed by atoms with Crippen molar-refractivity contribution in [2.45, 2.75) is 26.3 Å². The summed E-state index contributed by atoms with van der Waals surface area (Å²) in [5.74, 6) is 2.39. The number of benzene rings is 1. The Labute approximate surface area is 130 Å². The zero-order valence-corrected chi connectivity index (χ0v) is 13.3. The van der Waals surface area contributed by atoms with E-state index >= 15 is 0 Å². The molecule has 0 fully saturated rings. The molecule has 112 valence electrons. The first kappa shape index (κ1) is 15.4. The van der Waals surface area contributed by atoms with Crippen LogP contribution in [0.25, 0.3) is 11.3 Å². The van der Waals surface area contributed by atoms with Gasteiger partial charge in [0.1, 0.15) is 23.1 Å². The summed E-state index contributed by atoms with van der Waals surface area (Å²) >= 11 is 6.33. The number of nitrogens with zero attached hydrogens (tertiary/aromatic N) is 2. The van der Waals surface area contributed by atoms with Crippen molar-refractivity contribution in [1.82, 2.24) is 9.55 Å². The molecule has 1 aromatic carbocycles. The zero-order valence-electron chi connectivity index (χ0n) is 12.6. The van der Waals surface area contributed by atoms with Crippen molar-refractivity contribution in [3.8, 4) is 17.0 Å². The molecule has 0 aliphatic carbocycles. The first-order chi connectivity index (χ1) is 10.0. The molecule has 2 aromatic rings. The van der Waals surface area contributed by atoms with Crippen LogP contribution in [0.4, 0.5) is 5.82 Å². The van der Waals surface area contributed by atoms with E-state index in [1.807, 2.05) is 16.7 Å². The number of nitrogens with two attached hydrogens (primary N) is 1. The van der Waals surface area contributed by atoms with E-state index in [1.165, 1.54) is 0 Å². The number of hydrogen-bond acceptors (Lipinski definition) is 3. The summed E-state index contributed by atoms with van der Waals surface area (Å²) in [6, 6.07) is 5.49. The number of rotatable bonds is 5. The van der Waals surface area contributed by atoms with Gasteiger partial charge in [-0.05, 0) is 12.1 Å². The van der Waals surface area contributed by atoms with Gasteiger partial charge in [0.25, 0.3) is 0 Å². The number of methoxy groups -OCH3 is 1. The summed E-state index contributed by atoms with van der Waals surface area (Å²) in [7, 11) is 1.61. The first-order valence-corrected chi connectivity index (χ1v) is 7.18. The molecule has 0 aliphatic rings. The third-order valence-electron chi connectivity index (χ3n) is 3.30. The standard InChI is InChI=1S/C16H20ClN3O/c1-5-9-20-15(18)14(19-16(20)10(2)3)13-11(17)7-6-8-12(13)21-4/h5-8,10H,1,9,18H2,2-4H3. The summed E-state index contributed by atoms with van der Waals surface area (Å²) < 4.78 is 7.35. The average molecular weight is 306 g/mol. The van der Waals surface area contributed by atoms with Crippen LogP contribution in [-0.4, -0.2) is 16.7 Å². The van der Waals surface area contributed by atoms with Crippen LogP contribution in [0.1, 0.15) is 25.6 Å². The van der Waals surface area contributed by atoms with Crippen LogP contribution < -0.4 is 10.5 Å². The molecule has 1 heterocycles. The number of nitrogen functional groups attached to an aromatic ring is 1. The number of anilines is 1. The van der Waals surface area contributed by atoms with E-state index in [1.54, 1.807) is 19.3 Å². The lowest BCUT2D eigenvalue weighted by Gasteiger charge is -2.10. The van der Waals surface area contributed by atoms with Gasteiger partial charge in [0.2, 0.25) is 0 Å². The maximum absolute atomic E-state index is 6.33. The Bertz CT molecular complexity index is 662. The number of halogens is 1. The fourth-order valence-corrected chi connectivity index (χ4v) is 2.59. The molecular formula is C16H20ClN3O. The molecule has 0 aliphatic heterocycles. The van der Waals surface area contributed by atoms with E-state index in [0.717, 1.165) is 11.4 Å². The quantitative estimate of drug-likeness (QED) is 0.846. The maximum atomic E-state index is 6.33. The number of ether oxygens (including phenoxy) is 1. The molecule has 0 atom stereocenters. The lowest BCUT2D eigenvalue weighted by atomic mass is 10.1. The number of imidazole rings is 1. The summed E-state index contributed by atoms with van der Waals surface area (Å²) in [4.78, 5) is 4.69. The van der Waals surface area contributed by atoms with Gasteiger partial charge in [0, 0.05) is 12.5 Å². The molecule has 0 unspecified atom stereocenters. The third kappa shape index (κ3) is 2.76. The van der Waals surface area contributed by atoms with E-state index < -0.39 is 0 Å². The first-order valence-electron chi connectivity index (χ1n) is 6.80. The smallest absolute Gasteiger partial charge is 0.132 e. The Hall–Kier alpha value is -1.94. The van der Waals surface area contributed by atoms with Gasteiger partial charge in [-0.25, -0.2) is 4.98 Å². The van der Waals surface area contributed by atoms with Crippen LogP contribution in [0.2, 0.25) is 5.02 Å². The highest BCUT2D eigenvalue weighted by Gasteiger charge is 2.22. The predicted molar refractivity (Wildman–Crippen MR) is 87.9 cm³/mol. The van der Waals surface area contributed by atoms with Crippen molar-refractivity contribution in [3.63, 3.8) is 0 Å². The minimum Gasteiger partial charge on any atom is -0.496 e. The molecule has 0 radical (unpaired) electrons. The third-order valence-corrected chi connectivity index (χ3v) is 3.61. The zero-order chi connectivity index (χ0) is 15.6. The predicted octanol–water partition coefficient (Wildman–Crippen LogP) is 4.10. The van der Waals surface area contributed by atoms with Crippen molar-refractivity contribution in [2.24, 2.45) is 0 Å². The fourth-order valence-electron chi connectivity index (χ4n) is 2.33. The summed E-state index contributed by atoms with van der Waals surface area (Å²) in [5.41, 5.74) is 7.67. The number of allylic oxidation sites excluding steroid dienone is 1. The van der Waals surface area contributed by atoms with Gasteiger partial charge in [-0.2, -0.15) is 0 Å². The topological polar surface area (TPSA) is 53.1 Å². The van der Waals surface area contributed by atoms with E-state index in [2.05, 4.69) is 20.4 Å². The van der Waals surface area contributed by atoms with Crippen molar-refractivity contribution >= 4 is 17.4 Å². The largest absolute Gasteiger partial charge is 0.496 e. The number of hydrogen-bond donors (Lipinski definition) is 1. The molecule has 0 saturated carbocycles. The van der Waals surface area contributed by atoms with Gasteiger partial charge in [-0.3, -0.25) is 0 Å². The van der Waals surface area contributed by atoms with Gasteiger partial charge in [-0.15, -0.1) is 6.58 Å². The SMILES string of the molecule is C=CCn1c(C(C)C)nc(-c2c(Cl)cccc2OC)c1N. The summed E-state index contributed by atoms with van der Waals surface area (Å²) in [6.45, 7) is 8.54. The molecule has 0 saturated heterocycles. The molecule has 4 nitrogen and oxygen atoms in total. The van der Waals surface area contributed by atoms with Crippen molar-refractivity contribution < 1.29 is 4.74 Å². The van der Waals surface area contributed by atoms with Gasteiger partial charge < -0.3 is 15.0 Å². The minimum atomic E-state index is 0.245. The highest BCUT2D eigenvalue weighted by Crippen LogP contribution is 2.39. The monoisotopic (exact) mass is 305 g/mol. The molecular weight excluding hydrogens is 286 g/mol. The Morgan fingerprint density at radius 1 is 1.48 bits per heavy atom. The van der Waals surface area contributed by atoms with Crippen LogP contribution in [0.15, 0.2) is 30.9 Å². The van der Waals surface area contributed by atoms with E-state index in [-0.39, 0.29) is 5.92 Å². The molecule has 5 heteroatoms. The minimum absolute atomic E-state index is 0.245. The summed E-state index contributed by atoms with van der Waals surface area (Å²) in [6.07, 6.45) is 1.80. The highest BCUT2D eigenvalue weighted by atomic mass is 35.5. The molecule has 1 aromatic heterocycles. The van der Waals surface area contributed by atoms with Crippen molar-refractivity contribution in [1.29, 1.82) is 0 Å². The average Bonchev–Trinajstić information content (AvgIpc) is 2.77. The Balaban J connectivity index is 2.71. The second-order valence-corrected chi connectivity index (χ2v) is 5.48. The second kappa shape index (κ2) is 6.22. The second-order valence-electron chi connectivity index (χ2n) is 5.07. The fraction of sp³-hybridized carbons (Fsp3) is 0.312. The molecule has 0 spiro atoms. The van der Waals surface area contributed by atoms with Crippen LogP contribution in [0.3, 0.4) is 0 Å². The molecule has 21 heavy (non-hydrogen) atoms. The molecule has 0 bridgehead atoms. The lowest BCUT2D eigenvalue weighted by Crippen LogP contribution is -2.07. The highest BCUT2D eigenvalue weighted by molar-refractivity contribution is 6.33. The Morgan fingerprint density at radius 3 is 2.76 bits per heavy atom. The van der Waals surface area contributed by atoms with Crippen LogP contribution >= 0.6 is 11.6 Å². The maximum Gasteiger partial charge on any atom is 0.132 e. The summed E-state index contributed by atoms with van der Waals surface area (Å²) in [5, 5.41) is 0.569. The van der Waals surface area contributed by atoms with E-state index in [9.17, 15) is 0 Å². The van der Waals surface area contributed by atoms with E-state index in [4.69, 9.17) is 27.1 Å². The molecule has 0 amide bonds. The van der Waals surface area contributed by atoms with Crippen LogP contribution in [0, 0.1) is 0 Å². The Kier molecular flexibility index (Phi) is 4.58. The van der Waals surface area contributed by atoms with Gasteiger partial charge in [0.05, 0.1) is 17.7 Å². The molecule has 2 N–H and O–H groups in total. The van der Waals surface area contributed by atoms with Crippen molar-refractivity contribution in [3.05, 3.63) is 41.7 Å². The van der Waals surface area contributed by atoms with Gasteiger partial charge >= 0.3 is 0 Å². The molecule has 2 rings (SSSR count). The lowest BCUT2D eigenvalue weighted by molar-refractivity contribution is 0.416. The normalized spacial score (nSPS) is 10.9.